The fraction of sp³-hybridized carbons (Fsp3) is 0.320. The highest BCUT2D eigenvalue weighted by Crippen LogP contribution is 2.29. The molecule has 0 aromatic heterocycles. The fourth-order valence-electron chi connectivity index (χ4n) is 4.47. The molecule has 2 aromatic carbocycles. The van der Waals surface area contributed by atoms with Gasteiger partial charge in [-0.25, -0.2) is 22.8 Å². The number of carbonyl (C=O) groups is 3. The molecule has 2 N–H and O–H groups in total. The Kier molecular flexibility index (Phi) is 7.13. The number of anilines is 1. The average molecular weight is 500 g/mol. The first-order valence-electron chi connectivity index (χ1n) is 11.4. The Morgan fingerprint density at radius 2 is 1.74 bits per heavy atom. The highest BCUT2D eigenvalue weighted by molar-refractivity contribution is 7.89. The molecule has 1 unspecified atom stereocenters. The molecule has 184 valence electrons. The first-order valence-corrected chi connectivity index (χ1v) is 12.9. The second-order valence-electron chi connectivity index (χ2n) is 8.69. The van der Waals surface area contributed by atoms with Crippen molar-refractivity contribution in [2.45, 2.75) is 49.5 Å². The zero-order chi connectivity index (χ0) is 25.2. The quantitative estimate of drug-likeness (QED) is 0.464. The van der Waals surface area contributed by atoms with Crippen molar-refractivity contribution in [1.29, 1.82) is 0 Å². The molecule has 2 aromatic rings. The van der Waals surface area contributed by atoms with Crippen molar-refractivity contribution in [3.05, 3.63) is 71.6 Å². The molecule has 0 radical (unpaired) electrons. The van der Waals surface area contributed by atoms with Crippen molar-refractivity contribution >= 4 is 33.4 Å². The van der Waals surface area contributed by atoms with Crippen molar-refractivity contribution < 1.29 is 27.2 Å². The summed E-state index contributed by atoms with van der Waals surface area (Å²) in [5, 5.41) is 5.12. The molecule has 1 aliphatic carbocycles. The molecular weight excluding hydrogens is 473 g/mol. The van der Waals surface area contributed by atoms with Crippen LogP contribution in [0.25, 0.3) is 0 Å². The van der Waals surface area contributed by atoms with Crippen LogP contribution in [0, 0.1) is 5.82 Å². The number of allylic oxidation sites excluding steroid dienone is 1. The van der Waals surface area contributed by atoms with E-state index in [1.54, 1.807) is 0 Å². The van der Waals surface area contributed by atoms with E-state index in [0.29, 0.717) is 6.42 Å². The van der Waals surface area contributed by atoms with Gasteiger partial charge in [0.05, 0.1) is 17.0 Å². The normalized spacial score (nSPS) is 18.5. The minimum absolute atomic E-state index is 0.147. The third kappa shape index (κ3) is 5.49. The van der Waals surface area contributed by atoms with Gasteiger partial charge in [0.25, 0.3) is 11.8 Å². The van der Waals surface area contributed by atoms with Crippen LogP contribution < -0.4 is 10.0 Å². The molecule has 10 heteroatoms. The number of amides is 3. The van der Waals surface area contributed by atoms with E-state index in [1.807, 2.05) is 0 Å². The van der Waals surface area contributed by atoms with Crippen molar-refractivity contribution in [2.24, 2.45) is 5.14 Å². The van der Waals surface area contributed by atoms with Gasteiger partial charge < -0.3 is 4.90 Å². The number of hydrogen-bond acceptors (Lipinski definition) is 5. The molecule has 35 heavy (non-hydrogen) atoms. The SMILES string of the molecule is NS(=O)(=O)c1ccc(N2C(=O)CC(N(CCC3=CCCCC3)C(=O)c3ccc(F)cc3)C2=O)cc1. The number of primary sulfonamides is 1. The standard InChI is InChI=1S/C25H26FN3O5S/c26-19-8-6-18(7-9-19)24(31)28(15-14-17-4-2-1-3-5-17)22-16-23(30)29(25(22)32)20-10-12-21(13-11-20)35(27,33)34/h4,6-13,22H,1-3,5,14-16H2,(H2,27,33,34). The molecule has 1 saturated heterocycles. The average Bonchev–Trinajstić information content (AvgIpc) is 3.13. The van der Waals surface area contributed by atoms with Gasteiger partial charge in [-0.3, -0.25) is 14.4 Å². The van der Waals surface area contributed by atoms with Crippen LogP contribution in [0.15, 0.2) is 65.1 Å². The van der Waals surface area contributed by atoms with Crippen LogP contribution in [-0.2, 0) is 19.6 Å². The maximum atomic E-state index is 13.4. The van der Waals surface area contributed by atoms with Crippen LogP contribution in [0.4, 0.5) is 10.1 Å². The Morgan fingerprint density at radius 3 is 2.34 bits per heavy atom. The number of rotatable bonds is 7. The summed E-state index contributed by atoms with van der Waals surface area (Å²) in [6, 6.07) is 9.14. The maximum absolute atomic E-state index is 13.4. The van der Waals surface area contributed by atoms with E-state index in [1.165, 1.54) is 59.0 Å². The maximum Gasteiger partial charge on any atom is 0.257 e. The first-order chi connectivity index (χ1) is 16.6. The van der Waals surface area contributed by atoms with E-state index < -0.39 is 39.6 Å². The Balaban J connectivity index is 1.61. The van der Waals surface area contributed by atoms with Gasteiger partial charge in [0.15, 0.2) is 0 Å². The lowest BCUT2D eigenvalue weighted by Crippen LogP contribution is -2.46. The first kappa shape index (κ1) is 24.7. The van der Waals surface area contributed by atoms with Gasteiger partial charge in [-0.2, -0.15) is 0 Å². The van der Waals surface area contributed by atoms with E-state index in [0.717, 1.165) is 30.6 Å². The van der Waals surface area contributed by atoms with Crippen molar-refractivity contribution in [3.63, 3.8) is 0 Å². The molecule has 1 heterocycles. The highest BCUT2D eigenvalue weighted by atomic mass is 32.2. The molecule has 1 fully saturated rings. The smallest absolute Gasteiger partial charge is 0.257 e. The van der Waals surface area contributed by atoms with Crippen LogP contribution >= 0.6 is 0 Å². The number of halogens is 1. The third-order valence-corrected chi connectivity index (χ3v) is 7.26. The van der Waals surface area contributed by atoms with Gasteiger partial charge in [-0.1, -0.05) is 11.6 Å². The summed E-state index contributed by atoms with van der Waals surface area (Å²) < 4.78 is 36.5. The second kappa shape index (κ2) is 10.1. The topological polar surface area (TPSA) is 118 Å². The fourth-order valence-corrected chi connectivity index (χ4v) is 4.98. The molecule has 4 rings (SSSR count). The number of sulfonamides is 1. The molecule has 3 amide bonds. The van der Waals surface area contributed by atoms with Crippen LogP contribution in [-0.4, -0.2) is 43.6 Å². The third-order valence-electron chi connectivity index (χ3n) is 6.33. The van der Waals surface area contributed by atoms with E-state index in [2.05, 4.69) is 6.08 Å². The van der Waals surface area contributed by atoms with Crippen molar-refractivity contribution in [1.82, 2.24) is 4.90 Å². The van der Waals surface area contributed by atoms with Crippen molar-refractivity contribution in [3.8, 4) is 0 Å². The van der Waals surface area contributed by atoms with E-state index in [-0.39, 0.29) is 29.1 Å². The minimum Gasteiger partial charge on any atom is -0.326 e. The largest absolute Gasteiger partial charge is 0.326 e. The van der Waals surface area contributed by atoms with Gasteiger partial charge >= 0.3 is 0 Å². The number of imide groups is 1. The molecule has 1 atom stereocenters. The van der Waals surface area contributed by atoms with Gasteiger partial charge in [-0.05, 0) is 80.6 Å². The summed E-state index contributed by atoms with van der Waals surface area (Å²) in [5.74, 6) is -2.02. The summed E-state index contributed by atoms with van der Waals surface area (Å²) in [7, 11) is -3.93. The second-order valence-corrected chi connectivity index (χ2v) is 10.3. The predicted molar refractivity (Wildman–Crippen MR) is 127 cm³/mol. The number of benzene rings is 2. The summed E-state index contributed by atoms with van der Waals surface area (Å²) in [6.45, 7) is 0.240. The zero-order valence-corrected chi connectivity index (χ0v) is 19.8. The number of nitrogens with two attached hydrogens (primary N) is 1. The Labute approximate surface area is 203 Å². The number of nitrogens with zero attached hydrogens (tertiary/aromatic N) is 2. The number of hydrogen-bond donors (Lipinski definition) is 1. The monoisotopic (exact) mass is 499 g/mol. The number of carbonyl (C=O) groups excluding carboxylic acids is 3. The van der Waals surface area contributed by atoms with E-state index >= 15 is 0 Å². The van der Waals surface area contributed by atoms with Gasteiger partial charge in [0, 0.05) is 12.1 Å². The summed E-state index contributed by atoms with van der Waals surface area (Å²) in [6.07, 6.45) is 6.63. The molecule has 0 bridgehead atoms. The summed E-state index contributed by atoms with van der Waals surface area (Å²) in [4.78, 5) is 41.8. The predicted octanol–water partition coefficient (Wildman–Crippen LogP) is 3.14. The van der Waals surface area contributed by atoms with Crippen LogP contribution in [0.3, 0.4) is 0 Å². The summed E-state index contributed by atoms with van der Waals surface area (Å²) in [5.41, 5.74) is 1.62. The molecule has 1 aliphatic heterocycles. The van der Waals surface area contributed by atoms with Gasteiger partial charge in [0.2, 0.25) is 15.9 Å². The molecule has 2 aliphatic rings. The lowest BCUT2D eigenvalue weighted by molar-refractivity contribution is -0.122. The van der Waals surface area contributed by atoms with Crippen LogP contribution in [0.2, 0.25) is 0 Å². The molecule has 8 nitrogen and oxygen atoms in total. The Bertz CT molecular complexity index is 1270. The van der Waals surface area contributed by atoms with Gasteiger partial charge in [0.1, 0.15) is 11.9 Å². The lowest BCUT2D eigenvalue weighted by Gasteiger charge is -2.28. The molecule has 0 spiro atoms. The highest BCUT2D eigenvalue weighted by Gasteiger charge is 2.44. The molecular formula is C25H26FN3O5S. The lowest BCUT2D eigenvalue weighted by atomic mass is 9.96. The zero-order valence-electron chi connectivity index (χ0n) is 19.0. The van der Waals surface area contributed by atoms with Crippen molar-refractivity contribution in [2.75, 3.05) is 11.4 Å². The minimum atomic E-state index is -3.93. The van der Waals surface area contributed by atoms with Crippen LogP contribution in [0.5, 0.6) is 0 Å². The molecule has 0 saturated carbocycles. The Morgan fingerprint density at radius 1 is 1.06 bits per heavy atom. The van der Waals surface area contributed by atoms with E-state index in [4.69, 9.17) is 5.14 Å². The summed E-state index contributed by atoms with van der Waals surface area (Å²) >= 11 is 0. The van der Waals surface area contributed by atoms with Crippen LogP contribution in [0.1, 0.15) is 48.9 Å². The van der Waals surface area contributed by atoms with Gasteiger partial charge in [-0.15, -0.1) is 0 Å². The Hall–Kier alpha value is -3.37. The van der Waals surface area contributed by atoms with E-state index in [9.17, 15) is 27.2 Å².